The summed E-state index contributed by atoms with van der Waals surface area (Å²) in [6, 6.07) is 18.9. The van der Waals surface area contributed by atoms with Gasteiger partial charge in [-0.1, -0.05) is 39.7 Å². The van der Waals surface area contributed by atoms with E-state index in [9.17, 15) is 14.4 Å². The van der Waals surface area contributed by atoms with E-state index < -0.39 is 17.7 Å². The molecule has 0 unspecified atom stereocenters. The Balaban J connectivity index is 1.64. The molecule has 0 aliphatic heterocycles. The van der Waals surface area contributed by atoms with Crippen molar-refractivity contribution in [3.63, 3.8) is 0 Å². The van der Waals surface area contributed by atoms with Gasteiger partial charge in [0.2, 0.25) is 0 Å². The fourth-order valence-corrected chi connectivity index (χ4v) is 4.45. The lowest BCUT2D eigenvalue weighted by molar-refractivity contribution is -0.133. The molecule has 0 radical (unpaired) electrons. The quantitative estimate of drug-likeness (QED) is 0.246. The standard InChI is InChI=1S/C24H17Br2ClN4O3/c1-13-5-7-19(18(26)9-13)29-22(32)21-11-14-10-15(25)6-8-20(14)31(21)30-24(34)23(33)28-17-4-2-3-16(27)12-17/h2-12H,1H3,(H,28,33)(H,29,32)(H,30,34). The number of amides is 3. The van der Waals surface area contributed by atoms with Gasteiger partial charge in [0.05, 0.1) is 11.2 Å². The van der Waals surface area contributed by atoms with Crippen LogP contribution in [0.1, 0.15) is 16.1 Å². The first-order valence-electron chi connectivity index (χ1n) is 9.97. The van der Waals surface area contributed by atoms with Crippen molar-refractivity contribution >= 4 is 83.5 Å². The van der Waals surface area contributed by atoms with E-state index in [0.717, 1.165) is 14.5 Å². The maximum atomic E-state index is 13.2. The summed E-state index contributed by atoms with van der Waals surface area (Å²) >= 11 is 12.8. The Hall–Kier alpha value is -3.14. The molecule has 0 spiro atoms. The smallest absolute Gasteiger partial charge is 0.320 e. The first kappa shape index (κ1) is 24.0. The van der Waals surface area contributed by atoms with Crippen molar-refractivity contribution in [2.45, 2.75) is 6.92 Å². The van der Waals surface area contributed by atoms with E-state index in [1.807, 2.05) is 25.1 Å². The second-order valence-corrected chi connectivity index (χ2v) is 9.62. The summed E-state index contributed by atoms with van der Waals surface area (Å²) in [6.45, 7) is 1.94. The normalized spacial score (nSPS) is 10.7. The van der Waals surface area contributed by atoms with Crippen LogP contribution in [-0.4, -0.2) is 22.4 Å². The zero-order valence-electron chi connectivity index (χ0n) is 17.7. The summed E-state index contributed by atoms with van der Waals surface area (Å²) in [5.74, 6) is -2.33. The zero-order chi connectivity index (χ0) is 24.4. The molecule has 34 heavy (non-hydrogen) atoms. The predicted octanol–water partition coefficient (Wildman–Crippen LogP) is 6.09. The fourth-order valence-electron chi connectivity index (χ4n) is 3.29. The SMILES string of the molecule is Cc1ccc(NC(=O)c2cc3cc(Br)ccc3n2NC(=O)C(=O)Nc2cccc(Cl)c2)c(Br)c1. The van der Waals surface area contributed by atoms with Crippen molar-refractivity contribution in [3.05, 3.63) is 92.0 Å². The van der Waals surface area contributed by atoms with Crippen LogP contribution < -0.4 is 16.1 Å². The highest BCUT2D eigenvalue weighted by Gasteiger charge is 2.21. The summed E-state index contributed by atoms with van der Waals surface area (Å²) in [7, 11) is 0. The van der Waals surface area contributed by atoms with Crippen LogP contribution in [0, 0.1) is 6.92 Å². The molecule has 0 saturated carbocycles. The molecule has 4 aromatic rings. The Morgan fingerprint density at radius 2 is 1.68 bits per heavy atom. The van der Waals surface area contributed by atoms with Crippen molar-refractivity contribution in [3.8, 4) is 0 Å². The van der Waals surface area contributed by atoms with Gasteiger partial charge in [-0.05, 0) is 83.0 Å². The molecule has 0 fully saturated rings. The highest BCUT2D eigenvalue weighted by Crippen LogP contribution is 2.27. The molecule has 0 aliphatic carbocycles. The lowest BCUT2D eigenvalue weighted by Gasteiger charge is -2.13. The van der Waals surface area contributed by atoms with Crippen molar-refractivity contribution in [1.82, 2.24) is 4.68 Å². The number of carbonyl (C=O) groups excluding carboxylic acids is 3. The Kier molecular flexibility index (Phi) is 7.06. The summed E-state index contributed by atoms with van der Waals surface area (Å²) in [4.78, 5) is 38.4. The zero-order valence-corrected chi connectivity index (χ0v) is 21.6. The lowest BCUT2D eigenvalue weighted by atomic mass is 10.2. The highest BCUT2D eigenvalue weighted by molar-refractivity contribution is 9.10. The average molecular weight is 605 g/mol. The monoisotopic (exact) mass is 602 g/mol. The van der Waals surface area contributed by atoms with Gasteiger partial charge in [0.15, 0.2) is 0 Å². The Labute approximate surface area is 216 Å². The third-order valence-electron chi connectivity index (χ3n) is 4.87. The molecule has 10 heteroatoms. The van der Waals surface area contributed by atoms with Gasteiger partial charge < -0.3 is 10.6 Å². The molecule has 7 nitrogen and oxygen atoms in total. The molecule has 1 heterocycles. The third kappa shape index (κ3) is 5.32. The number of hydrogen-bond acceptors (Lipinski definition) is 3. The summed E-state index contributed by atoms with van der Waals surface area (Å²) in [6.07, 6.45) is 0. The second-order valence-electron chi connectivity index (χ2n) is 7.41. The van der Waals surface area contributed by atoms with Crippen LogP contribution >= 0.6 is 43.5 Å². The van der Waals surface area contributed by atoms with E-state index in [4.69, 9.17) is 11.6 Å². The molecule has 0 saturated heterocycles. The van der Waals surface area contributed by atoms with E-state index >= 15 is 0 Å². The van der Waals surface area contributed by atoms with Crippen LogP contribution in [0.2, 0.25) is 5.02 Å². The minimum atomic E-state index is -0.953. The van der Waals surface area contributed by atoms with Crippen molar-refractivity contribution in [2.75, 3.05) is 16.1 Å². The van der Waals surface area contributed by atoms with Crippen LogP contribution in [0.15, 0.2) is 75.7 Å². The molecule has 3 amide bonds. The molecule has 0 aliphatic rings. The first-order chi connectivity index (χ1) is 16.2. The number of anilines is 2. The van der Waals surface area contributed by atoms with Gasteiger partial charge in [-0.25, -0.2) is 4.68 Å². The molecule has 3 aromatic carbocycles. The number of fused-ring (bicyclic) bond motifs is 1. The number of halogens is 3. The molecule has 3 N–H and O–H groups in total. The van der Waals surface area contributed by atoms with Crippen LogP contribution in [0.4, 0.5) is 11.4 Å². The topological polar surface area (TPSA) is 92.2 Å². The van der Waals surface area contributed by atoms with Gasteiger partial charge in [0.1, 0.15) is 5.69 Å². The highest BCUT2D eigenvalue weighted by atomic mass is 79.9. The van der Waals surface area contributed by atoms with Crippen LogP contribution in [0.3, 0.4) is 0 Å². The summed E-state index contributed by atoms with van der Waals surface area (Å²) < 4.78 is 2.81. The second kappa shape index (κ2) is 10.0. The number of carbonyl (C=O) groups is 3. The van der Waals surface area contributed by atoms with E-state index in [1.165, 1.54) is 10.7 Å². The summed E-state index contributed by atoms with van der Waals surface area (Å²) in [5.41, 5.74) is 5.18. The number of nitrogens with one attached hydrogen (secondary N) is 3. The molecule has 172 valence electrons. The van der Waals surface area contributed by atoms with E-state index in [0.29, 0.717) is 27.3 Å². The number of nitrogens with zero attached hydrogens (tertiary/aromatic N) is 1. The maximum absolute atomic E-state index is 13.2. The maximum Gasteiger partial charge on any atom is 0.328 e. The Morgan fingerprint density at radius 3 is 2.41 bits per heavy atom. The molecule has 0 atom stereocenters. The van der Waals surface area contributed by atoms with Gasteiger partial charge in [0.25, 0.3) is 5.91 Å². The van der Waals surface area contributed by atoms with Gasteiger partial charge in [-0.3, -0.25) is 19.8 Å². The fraction of sp³-hybridized carbons (Fsp3) is 0.0417. The van der Waals surface area contributed by atoms with Gasteiger partial charge >= 0.3 is 11.8 Å². The van der Waals surface area contributed by atoms with Gasteiger partial charge in [-0.2, -0.15) is 0 Å². The molecule has 4 rings (SSSR count). The molecule has 0 bridgehead atoms. The van der Waals surface area contributed by atoms with E-state index in [-0.39, 0.29) is 5.69 Å². The van der Waals surface area contributed by atoms with Crippen molar-refractivity contribution in [1.29, 1.82) is 0 Å². The van der Waals surface area contributed by atoms with Gasteiger partial charge in [0, 0.05) is 25.0 Å². The number of aryl methyl sites for hydroxylation is 1. The third-order valence-corrected chi connectivity index (χ3v) is 6.26. The first-order valence-corrected chi connectivity index (χ1v) is 11.9. The predicted molar refractivity (Wildman–Crippen MR) is 141 cm³/mol. The molecular weight excluding hydrogens is 588 g/mol. The average Bonchev–Trinajstić information content (AvgIpc) is 3.13. The number of hydrogen-bond donors (Lipinski definition) is 3. The Bertz CT molecular complexity index is 1450. The van der Waals surface area contributed by atoms with Crippen LogP contribution in [0.5, 0.6) is 0 Å². The van der Waals surface area contributed by atoms with Gasteiger partial charge in [-0.15, -0.1) is 0 Å². The minimum absolute atomic E-state index is 0.143. The molecule has 1 aromatic heterocycles. The number of rotatable bonds is 4. The lowest BCUT2D eigenvalue weighted by Crippen LogP contribution is -2.36. The summed E-state index contributed by atoms with van der Waals surface area (Å²) in [5, 5.41) is 6.43. The number of aromatic nitrogens is 1. The van der Waals surface area contributed by atoms with Crippen LogP contribution in [-0.2, 0) is 9.59 Å². The molecular formula is C24H17Br2ClN4O3. The van der Waals surface area contributed by atoms with Crippen molar-refractivity contribution < 1.29 is 14.4 Å². The van der Waals surface area contributed by atoms with E-state index in [1.54, 1.807) is 42.5 Å². The van der Waals surface area contributed by atoms with Crippen molar-refractivity contribution in [2.24, 2.45) is 0 Å². The largest absolute Gasteiger partial charge is 0.328 e. The minimum Gasteiger partial charge on any atom is -0.320 e. The Morgan fingerprint density at radius 1 is 0.882 bits per heavy atom. The number of benzene rings is 3. The van der Waals surface area contributed by atoms with E-state index in [2.05, 4.69) is 47.9 Å². The van der Waals surface area contributed by atoms with Crippen LogP contribution in [0.25, 0.3) is 10.9 Å².